The Hall–Kier alpha value is -4.99. The molecule has 0 radical (unpaired) electrons. The zero-order valence-corrected chi connectivity index (χ0v) is 31.5. The van der Waals surface area contributed by atoms with Crippen molar-refractivity contribution in [2.45, 2.75) is 63.4 Å². The van der Waals surface area contributed by atoms with Gasteiger partial charge in [-0.2, -0.15) is 0 Å². The van der Waals surface area contributed by atoms with Crippen LogP contribution in [0.4, 0.5) is 0 Å². The lowest BCUT2D eigenvalue weighted by atomic mass is 9.89. The molecular formula is C48H45NO5S. The molecule has 1 fully saturated rings. The molecule has 5 atom stereocenters. The van der Waals surface area contributed by atoms with Crippen molar-refractivity contribution < 1.29 is 23.7 Å². The third-order valence-electron chi connectivity index (χ3n) is 9.86. The second-order valence-electron chi connectivity index (χ2n) is 13.9. The first-order valence-electron chi connectivity index (χ1n) is 18.9. The Balaban J connectivity index is 1.14. The standard InChI is InChI=1S/C48H45NO5S/c1-5-16-35(17-6-1)30-50-34-42-46(51-31-36-18-7-2-8-19-36)48(53-33-38-22-11-4-12-23-38)47(52-32-37-20-9-3-10-21-37)45(54-42)40-25-15-24-39(28-40)29-44-49-41-26-13-14-27-43(41)55-44/h1-28,42,45-48H,29-34H2/t42-,45+,46-,47+,48+/m1/s1. The summed E-state index contributed by atoms with van der Waals surface area (Å²) in [6.45, 7) is 1.94. The molecule has 7 heteroatoms. The highest BCUT2D eigenvalue weighted by molar-refractivity contribution is 7.18. The first-order chi connectivity index (χ1) is 27.2. The minimum atomic E-state index is -0.507. The van der Waals surface area contributed by atoms with E-state index < -0.39 is 30.5 Å². The first-order valence-corrected chi connectivity index (χ1v) is 19.7. The number of para-hydroxylation sites is 1. The zero-order chi connectivity index (χ0) is 37.1. The van der Waals surface area contributed by atoms with Gasteiger partial charge in [-0.3, -0.25) is 0 Å². The fourth-order valence-corrected chi connectivity index (χ4v) is 8.11. The van der Waals surface area contributed by atoms with E-state index in [-0.39, 0.29) is 0 Å². The fraction of sp³-hybridized carbons (Fsp3) is 0.229. The number of nitrogens with zero attached hydrogens (tertiary/aromatic N) is 1. The van der Waals surface area contributed by atoms with E-state index in [9.17, 15) is 0 Å². The van der Waals surface area contributed by atoms with Crippen molar-refractivity contribution in [1.82, 2.24) is 4.98 Å². The number of hydrogen-bond acceptors (Lipinski definition) is 7. The van der Waals surface area contributed by atoms with Crippen molar-refractivity contribution in [3.05, 3.63) is 208 Å². The fourth-order valence-electron chi connectivity index (χ4n) is 7.11. The van der Waals surface area contributed by atoms with E-state index in [4.69, 9.17) is 28.7 Å². The molecule has 55 heavy (non-hydrogen) atoms. The van der Waals surface area contributed by atoms with Crippen LogP contribution in [0.5, 0.6) is 0 Å². The molecule has 0 amide bonds. The molecular weight excluding hydrogens is 703 g/mol. The average Bonchev–Trinajstić information content (AvgIpc) is 3.65. The van der Waals surface area contributed by atoms with Crippen LogP contribution in [0.25, 0.3) is 10.2 Å². The largest absolute Gasteiger partial charge is 0.374 e. The van der Waals surface area contributed by atoms with Crippen LogP contribution in [0, 0.1) is 0 Å². The van der Waals surface area contributed by atoms with Gasteiger partial charge in [0.2, 0.25) is 0 Å². The Bertz CT molecular complexity index is 2170. The van der Waals surface area contributed by atoms with Crippen molar-refractivity contribution in [2.24, 2.45) is 0 Å². The Morgan fingerprint density at radius 3 is 1.60 bits per heavy atom. The summed E-state index contributed by atoms with van der Waals surface area (Å²) in [5.74, 6) is 0. The number of benzene rings is 6. The van der Waals surface area contributed by atoms with E-state index >= 15 is 0 Å². The van der Waals surface area contributed by atoms with Crippen LogP contribution in [0.15, 0.2) is 170 Å². The van der Waals surface area contributed by atoms with Gasteiger partial charge in [0.1, 0.15) is 30.5 Å². The van der Waals surface area contributed by atoms with Gasteiger partial charge in [-0.05, 0) is 45.5 Å². The highest BCUT2D eigenvalue weighted by atomic mass is 32.1. The monoisotopic (exact) mass is 747 g/mol. The molecule has 0 unspecified atom stereocenters. The summed E-state index contributed by atoms with van der Waals surface area (Å²) in [6.07, 6.45) is -1.71. The van der Waals surface area contributed by atoms with Gasteiger partial charge in [-0.1, -0.05) is 158 Å². The van der Waals surface area contributed by atoms with Crippen LogP contribution in [-0.4, -0.2) is 36.0 Å². The normalized spacial score (nSPS) is 19.7. The van der Waals surface area contributed by atoms with E-state index in [1.54, 1.807) is 11.3 Å². The maximum absolute atomic E-state index is 7.18. The lowest BCUT2D eigenvalue weighted by molar-refractivity contribution is -0.275. The molecule has 0 N–H and O–H groups in total. The predicted molar refractivity (Wildman–Crippen MR) is 218 cm³/mol. The number of rotatable bonds is 16. The van der Waals surface area contributed by atoms with E-state index in [0.717, 1.165) is 50.3 Å². The molecule has 1 aliphatic rings. The Kier molecular flexibility index (Phi) is 12.5. The van der Waals surface area contributed by atoms with Gasteiger partial charge in [0.15, 0.2) is 0 Å². The number of ether oxygens (including phenoxy) is 5. The van der Waals surface area contributed by atoms with E-state index in [1.165, 1.54) is 4.70 Å². The van der Waals surface area contributed by atoms with E-state index in [1.807, 2.05) is 78.9 Å². The van der Waals surface area contributed by atoms with Crippen molar-refractivity contribution >= 4 is 21.6 Å². The molecule has 6 nitrogen and oxygen atoms in total. The first kappa shape index (κ1) is 37.0. The lowest BCUT2D eigenvalue weighted by Crippen LogP contribution is -2.58. The molecule has 278 valence electrons. The Morgan fingerprint density at radius 1 is 0.491 bits per heavy atom. The van der Waals surface area contributed by atoms with Gasteiger partial charge in [0.05, 0.1) is 48.3 Å². The van der Waals surface area contributed by atoms with Crippen LogP contribution in [0.2, 0.25) is 0 Å². The molecule has 1 aromatic heterocycles. The minimum Gasteiger partial charge on any atom is -0.374 e. The lowest BCUT2D eigenvalue weighted by Gasteiger charge is -2.46. The van der Waals surface area contributed by atoms with Gasteiger partial charge in [0, 0.05) is 6.42 Å². The van der Waals surface area contributed by atoms with Gasteiger partial charge in [-0.25, -0.2) is 4.98 Å². The van der Waals surface area contributed by atoms with Gasteiger partial charge >= 0.3 is 0 Å². The predicted octanol–water partition coefficient (Wildman–Crippen LogP) is 10.3. The van der Waals surface area contributed by atoms with E-state index in [0.29, 0.717) is 33.0 Å². The molecule has 2 heterocycles. The molecule has 7 aromatic rings. The number of aromatic nitrogens is 1. The summed E-state index contributed by atoms with van der Waals surface area (Å²) >= 11 is 1.74. The second kappa shape index (κ2) is 18.6. The Labute approximate surface area is 327 Å². The third kappa shape index (κ3) is 9.82. The van der Waals surface area contributed by atoms with Crippen LogP contribution < -0.4 is 0 Å². The van der Waals surface area contributed by atoms with Crippen LogP contribution in [0.1, 0.15) is 44.5 Å². The van der Waals surface area contributed by atoms with Crippen molar-refractivity contribution in [3.63, 3.8) is 0 Å². The number of hydrogen-bond donors (Lipinski definition) is 0. The topological polar surface area (TPSA) is 59.0 Å². The summed E-state index contributed by atoms with van der Waals surface area (Å²) in [6, 6.07) is 57.9. The maximum Gasteiger partial charge on any atom is 0.117 e. The average molecular weight is 748 g/mol. The van der Waals surface area contributed by atoms with Gasteiger partial charge < -0.3 is 23.7 Å². The SMILES string of the molecule is c1ccc(COC[C@H]2O[C@@H](c3cccc(Cc4nc5ccccc5s4)c3)[C@H](OCc3ccccc3)[C@@H](OCc3ccccc3)[C@@H]2OCc2ccccc2)cc1. The molecule has 6 aromatic carbocycles. The summed E-state index contributed by atoms with van der Waals surface area (Å²) in [4.78, 5) is 4.93. The van der Waals surface area contributed by atoms with Gasteiger partial charge in [-0.15, -0.1) is 11.3 Å². The van der Waals surface area contributed by atoms with Crippen LogP contribution in [0.3, 0.4) is 0 Å². The zero-order valence-electron chi connectivity index (χ0n) is 30.7. The summed E-state index contributed by atoms with van der Waals surface area (Å²) in [5.41, 5.74) is 7.51. The van der Waals surface area contributed by atoms with Crippen molar-refractivity contribution in [3.8, 4) is 0 Å². The summed E-state index contributed by atoms with van der Waals surface area (Å²) in [7, 11) is 0. The summed E-state index contributed by atoms with van der Waals surface area (Å²) in [5, 5.41) is 1.07. The second-order valence-corrected chi connectivity index (χ2v) is 15.0. The van der Waals surface area contributed by atoms with Crippen LogP contribution in [-0.2, 0) is 56.5 Å². The van der Waals surface area contributed by atoms with Crippen molar-refractivity contribution in [1.29, 1.82) is 0 Å². The molecule has 0 saturated carbocycles. The number of thiazole rings is 1. The molecule has 0 aliphatic carbocycles. The van der Waals surface area contributed by atoms with Crippen molar-refractivity contribution in [2.75, 3.05) is 6.61 Å². The minimum absolute atomic E-state index is 0.312. The highest BCUT2D eigenvalue weighted by Gasteiger charge is 2.49. The van der Waals surface area contributed by atoms with Gasteiger partial charge in [0.25, 0.3) is 0 Å². The Morgan fingerprint density at radius 2 is 1.00 bits per heavy atom. The number of fused-ring (bicyclic) bond motifs is 1. The maximum atomic E-state index is 7.18. The molecule has 0 spiro atoms. The van der Waals surface area contributed by atoms with Crippen LogP contribution >= 0.6 is 11.3 Å². The van der Waals surface area contributed by atoms with E-state index in [2.05, 4.69) is 91.0 Å². The highest BCUT2D eigenvalue weighted by Crippen LogP contribution is 2.39. The molecule has 1 saturated heterocycles. The summed E-state index contributed by atoms with van der Waals surface area (Å²) < 4.78 is 35.6. The molecule has 8 rings (SSSR count). The third-order valence-corrected chi connectivity index (χ3v) is 10.9. The molecule has 1 aliphatic heterocycles. The smallest absolute Gasteiger partial charge is 0.117 e. The molecule has 0 bridgehead atoms. The quantitative estimate of drug-likeness (QED) is 0.0981.